The zero-order valence-corrected chi connectivity index (χ0v) is 13.3. The van der Waals surface area contributed by atoms with E-state index in [2.05, 4.69) is 49.7 Å². The van der Waals surface area contributed by atoms with E-state index in [0.717, 1.165) is 39.0 Å². The van der Waals surface area contributed by atoms with Gasteiger partial charge in [0.2, 0.25) is 5.91 Å². The second-order valence-corrected chi connectivity index (χ2v) is 5.51. The Balaban J connectivity index is 2.62. The first-order valence-corrected chi connectivity index (χ1v) is 7.87. The average molecular weight is 269 g/mol. The van der Waals surface area contributed by atoms with Crippen molar-refractivity contribution < 1.29 is 4.79 Å². The normalized spacial score (nSPS) is 25.4. The van der Waals surface area contributed by atoms with Gasteiger partial charge < -0.3 is 9.80 Å². The molecule has 19 heavy (non-hydrogen) atoms. The van der Waals surface area contributed by atoms with Gasteiger partial charge in [0.15, 0.2) is 0 Å². The van der Waals surface area contributed by atoms with Gasteiger partial charge in [0, 0.05) is 13.1 Å². The topological polar surface area (TPSA) is 35.6 Å². The number of likely N-dealkylation sites (N-methyl/N-ethyl adjacent to an activating group) is 1. The second-order valence-electron chi connectivity index (χ2n) is 5.51. The van der Waals surface area contributed by atoms with Crippen molar-refractivity contribution in [2.45, 2.75) is 59.7 Å². The fourth-order valence-electron chi connectivity index (χ4n) is 2.74. The number of nitrogens with one attached hydrogen (secondary N) is 1. The Morgan fingerprint density at radius 3 is 2.37 bits per heavy atom. The molecule has 0 aromatic heterocycles. The zero-order chi connectivity index (χ0) is 14.4. The highest BCUT2D eigenvalue weighted by Gasteiger charge is 2.39. The molecule has 3 atom stereocenters. The summed E-state index contributed by atoms with van der Waals surface area (Å²) in [5.41, 5.74) is 0. The lowest BCUT2D eigenvalue weighted by Crippen LogP contribution is -2.42. The standard InChI is InChI=1S/C15H31N3O/c1-6-12(5)14-15(19)18(13(7-2)16-14)11-10-17(8-3)9-4/h12-14,16H,6-11H2,1-5H3. The maximum atomic E-state index is 12.5. The van der Waals surface area contributed by atoms with Crippen molar-refractivity contribution in [3.63, 3.8) is 0 Å². The Morgan fingerprint density at radius 2 is 1.89 bits per heavy atom. The number of nitrogens with zero attached hydrogens (tertiary/aromatic N) is 2. The molecule has 0 radical (unpaired) electrons. The van der Waals surface area contributed by atoms with E-state index in [0.29, 0.717) is 11.8 Å². The van der Waals surface area contributed by atoms with E-state index in [1.807, 2.05) is 0 Å². The number of hydrogen-bond acceptors (Lipinski definition) is 3. The fraction of sp³-hybridized carbons (Fsp3) is 0.933. The summed E-state index contributed by atoms with van der Waals surface area (Å²) >= 11 is 0. The molecular weight excluding hydrogens is 238 g/mol. The van der Waals surface area contributed by atoms with Crippen LogP contribution in [0.15, 0.2) is 0 Å². The third kappa shape index (κ3) is 3.93. The maximum Gasteiger partial charge on any atom is 0.241 e. The third-order valence-corrected chi connectivity index (χ3v) is 4.45. The molecule has 0 saturated carbocycles. The largest absolute Gasteiger partial charge is 0.325 e. The molecule has 0 bridgehead atoms. The van der Waals surface area contributed by atoms with Crippen LogP contribution in [0.25, 0.3) is 0 Å². The SMILES string of the molecule is CCC(C)C1NC(CC)N(CCN(CC)CC)C1=O. The van der Waals surface area contributed by atoms with Crippen molar-refractivity contribution in [1.82, 2.24) is 15.1 Å². The van der Waals surface area contributed by atoms with Crippen molar-refractivity contribution in [1.29, 1.82) is 0 Å². The minimum atomic E-state index is 0.0200. The molecule has 1 fully saturated rings. The van der Waals surface area contributed by atoms with E-state index < -0.39 is 0 Å². The molecule has 4 heteroatoms. The molecule has 3 unspecified atom stereocenters. The quantitative estimate of drug-likeness (QED) is 0.731. The summed E-state index contributed by atoms with van der Waals surface area (Å²) < 4.78 is 0. The molecule has 1 saturated heterocycles. The predicted molar refractivity (Wildman–Crippen MR) is 80.0 cm³/mol. The van der Waals surface area contributed by atoms with Crippen LogP contribution in [-0.2, 0) is 4.79 Å². The number of hydrogen-bond donors (Lipinski definition) is 1. The summed E-state index contributed by atoms with van der Waals surface area (Å²) in [5.74, 6) is 0.716. The number of carbonyl (C=O) groups is 1. The zero-order valence-electron chi connectivity index (χ0n) is 13.3. The van der Waals surface area contributed by atoms with E-state index in [4.69, 9.17) is 0 Å². The molecule has 0 aromatic rings. The van der Waals surface area contributed by atoms with Crippen molar-refractivity contribution in [3.8, 4) is 0 Å². The number of rotatable bonds is 8. The van der Waals surface area contributed by atoms with Gasteiger partial charge in [0.05, 0.1) is 12.2 Å². The molecule has 1 N–H and O–H groups in total. The Kier molecular flexibility index (Phi) is 6.80. The fourth-order valence-corrected chi connectivity index (χ4v) is 2.74. The molecule has 4 nitrogen and oxygen atoms in total. The van der Waals surface area contributed by atoms with Gasteiger partial charge in [-0.3, -0.25) is 10.1 Å². The highest BCUT2D eigenvalue weighted by molar-refractivity contribution is 5.84. The lowest BCUT2D eigenvalue weighted by molar-refractivity contribution is -0.131. The lowest BCUT2D eigenvalue weighted by atomic mass is 9.99. The summed E-state index contributed by atoms with van der Waals surface area (Å²) in [6.07, 6.45) is 2.25. The van der Waals surface area contributed by atoms with Crippen LogP contribution >= 0.6 is 0 Å². The van der Waals surface area contributed by atoms with Gasteiger partial charge in [-0.1, -0.05) is 41.0 Å². The minimum absolute atomic E-state index is 0.0200. The second kappa shape index (κ2) is 7.85. The predicted octanol–water partition coefficient (Wildman–Crippen LogP) is 1.91. The molecule has 0 aromatic carbocycles. The van der Waals surface area contributed by atoms with Crippen LogP contribution in [-0.4, -0.2) is 54.1 Å². The molecule has 1 rings (SSSR count). The highest BCUT2D eigenvalue weighted by Crippen LogP contribution is 2.20. The van der Waals surface area contributed by atoms with E-state index in [1.165, 1.54) is 0 Å². The summed E-state index contributed by atoms with van der Waals surface area (Å²) in [7, 11) is 0. The van der Waals surface area contributed by atoms with Gasteiger partial charge in [0.25, 0.3) is 0 Å². The molecule has 1 amide bonds. The van der Waals surface area contributed by atoms with Gasteiger partial charge in [0.1, 0.15) is 0 Å². The van der Waals surface area contributed by atoms with Gasteiger partial charge >= 0.3 is 0 Å². The molecule has 1 aliphatic heterocycles. The smallest absolute Gasteiger partial charge is 0.241 e. The Hall–Kier alpha value is -0.610. The first-order valence-electron chi connectivity index (χ1n) is 7.87. The van der Waals surface area contributed by atoms with Gasteiger partial charge in [-0.15, -0.1) is 0 Å². The first-order chi connectivity index (χ1) is 9.08. The Bertz CT molecular complexity index is 279. The van der Waals surface area contributed by atoms with Crippen LogP contribution < -0.4 is 5.32 Å². The monoisotopic (exact) mass is 269 g/mol. The Morgan fingerprint density at radius 1 is 1.26 bits per heavy atom. The van der Waals surface area contributed by atoms with Crippen molar-refractivity contribution in [2.75, 3.05) is 26.2 Å². The van der Waals surface area contributed by atoms with Crippen LogP contribution in [0.2, 0.25) is 0 Å². The van der Waals surface area contributed by atoms with Crippen LogP contribution in [0.4, 0.5) is 0 Å². The van der Waals surface area contributed by atoms with Crippen LogP contribution in [0, 0.1) is 5.92 Å². The van der Waals surface area contributed by atoms with Crippen molar-refractivity contribution >= 4 is 5.91 Å². The van der Waals surface area contributed by atoms with Crippen LogP contribution in [0.1, 0.15) is 47.5 Å². The lowest BCUT2D eigenvalue weighted by Gasteiger charge is -2.26. The summed E-state index contributed by atoms with van der Waals surface area (Å²) in [6, 6.07) is 0.0200. The van der Waals surface area contributed by atoms with Crippen molar-refractivity contribution in [3.05, 3.63) is 0 Å². The highest BCUT2D eigenvalue weighted by atomic mass is 16.2. The average Bonchev–Trinajstić information content (AvgIpc) is 2.76. The molecule has 1 heterocycles. The van der Waals surface area contributed by atoms with Gasteiger partial charge in [-0.2, -0.15) is 0 Å². The summed E-state index contributed by atoms with van der Waals surface area (Å²) in [5, 5.41) is 3.51. The van der Waals surface area contributed by atoms with Gasteiger partial charge in [-0.05, 0) is 25.4 Å². The minimum Gasteiger partial charge on any atom is -0.325 e. The first kappa shape index (κ1) is 16.4. The van der Waals surface area contributed by atoms with E-state index in [1.54, 1.807) is 0 Å². The molecule has 112 valence electrons. The number of amides is 1. The van der Waals surface area contributed by atoms with Crippen LogP contribution in [0.3, 0.4) is 0 Å². The molecule has 0 spiro atoms. The maximum absolute atomic E-state index is 12.5. The van der Waals surface area contributed by atoms with Gasteiger partial charge in [-0.25, -0.2) is 0 Å². The third-order valence-electron chi connectivity index (χ3n) is 4.45. The number of carbonyl (C=O) groups excluding carboxylic acids is 1. The Labute approximate surface area is 118 Å². The molecular formula is C15H31N3O. The van der Waals surface area contributed by atoms with E-state index >= 15 is 0 Å². The molecule has 0 aliphatic carbocycles. The van der Waals surface area contributed by atoms with E-state index in [9.17, 15) is 4.79 Å². The summed E-state index contributed by atoms with van der Waals surface area (Å²) in [4.78, 5) is 16.9. The van der Waals surface area contributed by atoms with E-state index in [-0.39, 0.29) is 12.2 Å². The van der Waals surface area contributed by atoms with Crippen molar-refractivity contribution in [2.24, 2.45) is 5.92 Å². The molecule has 1 aliphatic rings. The van der Waals surface area contributed by atoms with Crippen LogP contribution in [0.5, 0.6) is 0 Å². The summed E-state index contributed by atoms with van der Waals surface area (Å²) in [6.45, 7) is 14.7.